The van der Waals surface area contributed by atoms with Crippen LogP contribution in [0.3, 0.4) is 0 Å². The van der Waals surface area contributed by atoms with Crippen molar-refractivity contribution in [3.8, 4) is 5.75 Å². The molecule has 0 unspecified atom stereocenters. The summed E-state index contributed by atoms with van der Waals surface area (Å²) in [5, 5.41) is 10.0. The third-order valence-corrected chi connectivity index (χ3v) is 4.84. The van der Waals surface area contributed by atoms with Gasteiger partial charge in [-0.05, 0) is 30.5 Å². The van der Waals surface area contributed by atoms with Crippen LogP contribution in [0.15, 0.2) is 18.2 Å². The number of carbonyl (C=O) groups is 1. The zero-order valence-corrected chi connectivity index (χ0v) is 12.8. The summed E-state index contributed by atoms with van der Waals surface area (Å²) in [6.45, 7) is 1.85. The number of hydrogen-bond acceptors (Lipinski definition) is 4. The molecule has 0 bridgehead atoms. The molecule has 0 atom stereocenters. The fraction of sp³-hybridized carbons (Fsp3) is 0.500. The Morgan fingerprint density at radius 1 is 1.29 bits per heavy atom. The van der Waals surface area contributed by atoms with Crippen LogP contribution in [0.2, 0.25) is 0 Å². The van der Waals surface area contributed by atoms with E-state index in [1.54, 1.807) is 18.2 Å². The van der Waals surface area contributed by atoms with Gasteiger partial charge >= 0.3 is 10.2 Å². The second-order valence-electron chi connectivity index (χ2n) is 5.17. The molecule has 7 heteroatoms. The molecule has 0 radical (unpaired) electrons. The lowest BCUT2D eigenvalue weighted by Gasteiger charge is -2.16. The first kappa shape index (κ1) is 15.6. The smallest absolute Gasteiger partial charge is 0.326 e. The number of unbranched alkanes of at least 4 members (excludes halogenated alkanes) is 3. The molecule has 1 heterocycles. The SMILES string of the molecule is CCCCCCc1ccc(N2CC(=O)NS2(=O)=O)c(O)c1. The number of hydrogen-bond donors (Lipinski definition) is 2. The Hall–Kier alpha value is -1.76. The van der Waals surface area contributed by atoms with Crippen molar-refractivity contribution in [2.75, 3.05) is 10.8 Å². The summed E-state index contributed by atoms with van der Waals surface area (Å²) in [6, 6.07) is 4.90. The van der Waals surface area contributed by atoms with Crippen LogP contribution in [0.25, 0.3) is 0 Å². The van der Waals surface area contributed by atoms with Crippen LogP contribution in [0.5, 0.6) is 5.75 Å². The maximum absolute atomic E-state index is 11.7. The minimum absolute atomic E-state index is 0.122. The van der Waals surface area contributed by atoms with E-state index < -0.39 is 16.1 Å². The molecule has 6 nitrogen and oxygen atoms in total. The summed E-state index contributed by atoms with van der Waals surface area (Å²) in [6.07, 6.45) is 5.37. The molecule has 1 fully saturated rings. The first-order valence-electron chi connectivity index (χ1n) is 7.09. The predicted molar refractivity (Wildman–Crippen MR) is 80.4 cm³/mol. The van der Waals surface area contributed by atoms with Gasteiger partial charge in [-0.2, -0.15) is 8.42 Å². The van der Waals surface area contributed by atoms with E-state index in [1.165, 1.54) is 6.42 Å². The van der Waals surface area contributed by atoms with Crippen LogP contribution < -0.4 is 9.03 Å². The van der Waals surface area contributed by atoms with E-state index in [0.717, 1.165) is 35.6 Å². The molecule has 2 rings (SSSR count). The molecule has 1 aliphatic rings. The maximum Gasteiger partial charge on any atom is 0.326 e. The van der Waals surface area contributed by atoms with Crippen molar-refractivity contribution in [2.45, 2.75) is 39.0 Å². The average molecular weight is 312 g/mol. The van der Waals surface area contributed by atoms with E-state index in [9.17, 15) is 18.3 Å². The van der Waals surface area contributed by atoms with Gasteiger partial charge in [-0.3, -0.25) is 4.79 Å². The predicted octanol–water partition coefficient (Wildman–Crippen LogP) is 1.70. The van der Waals surface area contributed by atoms with Gasteiger partial charge in [0.05, 0.1) is 5.69 Å². The molecule has 1 saturated heterocycles. The van der Waals surface area contributed by atoms with Gasteiger partial charge in [-0.1, -0.05) is 32.3 Å². The molecule has 2 N–H and O–H groups in total. The molecule has 1 aromatic carbocycles. The highest BCUT2D eigenvalue weighted by Crippen LogP contribution is 2.31. The standard InChI is InChI=1S/C14H20N2O4S/c1-2-3-4-5-6-11-7-8-12(13(17)9-11)16-10-14(18)15-21(16,19)20/h7-9,17H,2-6,10H2,1H3,(H,15,18). The van der Waals surface area contributed by atoms with Crippen molar-refractivity contribution in [3.05, 3.63) is 23.8 Å². The Balaban J connectivity index is 2.11. The molecule has 0 aliphatic carbocycles. The van der Waals surface area contributed by atoms with E-state index in [1.807, 2.05) is 4.72 Å². The highest BCUT2D eigenvalue weighted by Gasteiger charge is 2.35. The number of rotatable bonds is 6. The second kappa shape index (κ2) is 6.34. The molecule has 0 spiro atoms. The summed E-state index contributed by atoms with van der Waals surface area (Å²) in [7, 11) is -3.88. The Kier molecular flexibility index (Phi) is 4.72. The van der Waals surface area contributed by atoms with E-state index in [0.29, 0.717) is 0 Å². The van der Waals surface area contributed by atoms with Crippen molar-refractivity contribution in [3.63, 3.8) is 0 Å². The minimum atomic E-state index is -3.88. The number of aryl methyl sites for hydroxylation is 1. The lowest BCUT2D eigenvalue weighted by molar-refractivity contribution is -0.117. The molecule has 1 aromatic rings. The quantitative estimate of drug-likeness (QED) is 0.783. The maximum atomic E-state index is 11.7. The normalized spacial score (nSPS) is 17.0. The first-order chi connectivity index (χ1) is 9.94. The van der Waals surface area contributed by atoms with E-state index in [-0.39, 0.29) is 18.0 Å². The van der Waals surface area contributed by atoms with Gasteiger partial charge < -0.3 is 5.11 Å². The van der Waals surface area contributed by atoms with E-state index in [2.05, 4.69) is 6.92 Å². The molecular weight excluding hydrogens is 292 g/mol. The Bertz CT molecular complexity index is 628. The third-order valence-electron chi connectivity index (χ3n) is 3.45. The van der Waals surface area contributed by atoms with Crippen LogP contribution in [0.4, 0.5) is 5.69 Å². The number of aromatic hydroxyl groups is 1. The Morgan fingerprint density at radius 2 is 2.05 bits per heavy atom. The summed E-state index contributed by atoms with van der Waals surface area (Å²) >= 11 is 0. The molecule has 0 saturated carbocycles. The molecule has 116 valence electrons. The fourth-order valence-electron chi connectivity index (χ4n) is 2.35. The fourth-order valence-corrected chi connectivity index (χ4v) is 3.52. The highest BCUT2D eigenvalue weighted by atomic mass is 32.2. The summed E-state index contributed by atoms with van der Waals surface area (Å²) < 4.78 is 26.2. The molecule has 1 aliphatic heterocycles. The van der Waals surface area contributed by atoms with Gasteiger partial charge in [0.15, 0.2) is 0 Å². The van der Waals surface area contributed by atoms with E-state index in [4.69, 9.17) is 0 Å². The van der Waals surface area contributed by atoms with Crippen molar-refractivity contribution >= 4 is 21.8 Å². The molecular formula is C14H20N2O4S. The van der Waals surface area contributed by atoms with Gasteiger partial charge in [0.25, 0.3) is 5.91 Å². The number of amides is 1. The second-order valence-corrected chi connectivity index (χ2v) is 6.77. The number of anilines is 1. The van der Waals surface area contributed by atoms with Gasteiger partial charge in [-0.25, -0.2) is 9.03 Å². The van der Waals surface area contributed by atoms with Crippen LogP contribution >= 0.6 is 0 Å². The van der Waals surface area contributed by atoms with Gasteiger partial charge in [-0.15, -0.1) is 0 Å². The number of phenolic OH excluding ortho intramolecular Hbond substituents is 1. The average Bonchev–Trinajstić information content (AvgIpc) is 2.68. The van der Waals surface area contributed by atoms with Crippen molar-refractivity contribution in [1.29, 1.82) is 0 Å². The van der Waals surface area contributed by atoms with Crippen LogP contribution in [0.1, 0.15) is 38.2 Å². The van der Waals surface area contributed by atoms with Crippen molar-refractivity contribution in [2.24, 2.45) is 0 Å². The van der Waals surface area contributed by atoms with Crippen molar-refractivity contribution < 1.29 is 18.3 Å². The first-order valence-corrected chi connectivity index (χ1v) is 8.53. The Morgan fingerprint density at radius 3 is 2.62 bits per heavy atom. The highest BCUT2D eigenvalue weighted by molar-refractivity contribution is 7.92. The number of nitrogens with zero attached hydrogens (tertiary/aromatic N) is 1. The third kappa shape index (κ3) is 3.66. The largest absolute Gasteiger partial charge is 0.506 e. The van der Waals surface area contributed by atoms with Gasteiger partial charge in [0.2, 0.25) is 0 Å². The Labute approximate surface area is 125 Å². The monoisotopic (exact) mass is 312 g/mol. The summed E-state index contributed by atoms with van der Waals surface area (Å²) in [5.74, 6) is -0.721. The van der Waals surface area contributed by atoms with Crippen LogP contribution in [0, 0.1) is 0 Å². The van der Waals surface area contributed by atoms with Crippen molar-refractivity contribution in [1.82, 2.24) is 4.72 Å². The molecule has 21 heavy (non-hydrogen) atoms. The zero-order valence-electron chi connectivity index (χ0n) is 12.0. The number of carbonyl (C=O) groups excluding carboxylic acids is 1. The zero-order chi connectivity index (χ0) is 15.5. The number of benzene rings is 1. The van der Waals surface area contributed by atoms with Gasteiger partial charge in [0.1, 0.15) is 12.3 Å². The lowest BCUT2D eigenvalue weighted by atomic mass is 10.1. The van der Waals surface area contributed by atoms with Crippen LogP contribution in [-0.2, 0) is 21.4 Å². The van der Waals surface area contributed by atoms with E-state index >= 15 is 0 Å². The molecule has 0 aromatic heterocycles. The van der Waals surface area contributed by atoms with Gasteiger partial charge in [0, 0.05) is 0 Å². The number of nitrogens with one attached hydrogen (secondary N) is 1. The minimum Gasteiger partial charge on any atom is -0.506 e. The topological polar surface area (TPSA) is 86.7 Å². The lowest BCUT2D eigenvalue weighted by Crippen LogP contribution is -2.29. The summed E-state index contributed by atoms with van der Waals surface area (Å²) in [5.41, 5.74) is 1.09. The summed E-state index contributed by atoms with van der Waals surface area (Å²) in [4.78, 5) is 11.2. The molecule has 1 amide bonds. The van der Waals surface area contributed by atoms with Crippen LogP contribution in [-0.4, -0.2) is 26.0 Å². The number of phenols is 1.